The molecule has 0 bridgehead atoms. The molecule has 0 unspecified atom stereocenters. The van der Waals surface area contributed by atoms with Crippen LogP contribution in [0.4, 0.5) is 5.95 Å². The predicted molar refractivity (Wildman–Crippen MR) is 83.0 cm³/mol. The van der Waals surface area contributed by atoms with Crippen molar-refractivity contribution in [1.29, 1.82) is 0 Å². The van der Waals surface area contributed by atoms with Gasteiger partial charge >= 0.3 is 0 Å². The molecule has 8 nitrogen and oxygen atoms in total. The van der Waals surface area contributed by atoms with Crippen LogP contribution in [-0.2, 0) is 13.5 Å². The second-order valence-corrected chi connectivity index (χ2v) is 6.11. The Bertz CT molecular complexity index is 841. The van der Waals surface area contributed by atoms with Crippen LogP contribution < -0.4 is 4.90 Å². The van der Waals surface area contributed by atoms with Crippen molar-refractivity contribution in [3.05, 3.63) is 30.0 Å². The Kier molecular flexibility index (Phi) is 3.26. The number of anilines is 1. The van der Waals surface area contributed by atoms with Crippen molar-refractivity contribution in [2.45, 2.75) is 19.4 Å². The number of aromatic nitrogens is 5. The largest absolute Gasteiger partial charge is 0.391 e. The molecule has 3 aromatic heterocycles. The minimum atomic E-state index is -0.439. The minimum Gasteiger partial charge on any atom is -0.391 e. The highest BCUT2D eigenvalue weighted by Gasteiger charge is 2.33. The summed E-state index contributed by atoms with van der Waals surface area (Å²) in [5, 5.41) is 14.2. The zero-order chi connectivity index (χ0) is 16.0. The first-order valence-corrected chi connectivity index (χ1v) is 7.59. The summed E-state index contributed by atoms with van der Waals surface area (Å²) in [4.78, 5) is 15.2. The molecule has 1 aliphatic heterocycles. The number of fused-ring (bicyclic) bond motifs is 1. The first-order valence-electron chi connectivity index (χ1n) is 7.59. The zero-order valence-corrected chi connectivity index (χ0v) is 13.0. The van der Waals surface area contributed by atoms with Crippen molar-refractivity contribution in [3.63, 3.8) is 0 Å². The van der Waals surface area contributed by atoms with Gasteiger partial charge in [-0.25, -0.2) is 9.97 Å². The van der Waals surface area contributed by atoms with E-state index in [0.29, 0.717) is 25.5 Å². The summed E-state index contributed by atoms with van der Waals surface area (Å²) in [6, 6.07) is 1.91. The molecule has 4 heterocycles. The van der Waals surface area contributed by atoms with Crippen LogP contribution in [0.1, 0.15) is 11.5 Å². The molecular weight excluding hydrogens is 296 g/mol. The number of rotatable bonds is 3. The smallest absolute Gasteiger partial charge is 0.227 e. The van der Waals surface area contributed by atoms with E-state index in [4.69, 9.17) is 4.52 Å². The Labute approximate surface area is 132 Å². The molecule has 1 fully saturated rings. The molecule has 1 N–H and O–H groups in total. The summed E-state index contributed by atoms with van der Waals surface area (Å²) in [5.41, 5.74) is 2.41. The van der Waals surface area contributed by atoms with Crippen molar-refractivity contribution in [2.24, 2.45) is 13.0 Å². The lowest BCUT2D eigenvalue weighted by Gasteiger charge is -2.15. The maximum atomic E-state index is 10.3. The van der Waals surface area contributed by atoms with Gasteiger partial charge in [-0.3, -0.25) is 0 Å². The molecule has 4 rings (SSSR count). The summed E-state index contributed by atoms with van der Waals surface area (Å²) in [6.45, 7) is 3.09. The standard InChI is InChI=1S/C15H18N6O2/c1-9-3-11(23-19-9)4-10-6-21(7-13(10)22)15-16-5-12-14(18-15)20(2)8-17-12/h3,5,8,10,13,22H,4,6-7H2,1-2H3/t10-,13+/m1/s1. The van der Waals surface area contributed by atoms with Crippen LogP contribution in [-0.4, -0.2) is 49.0 Å². The molecule has 0 spiro atoms. The Morgan fingerprint density at radius 1 is 1.35 bits per heavy atom. The second kappa shape index (κ2) is 5.31. The fourth-order valence-electron chi connectivity index (χ4n) is 3.05. The van der Waals surface area contributed by atoms with Gasteiger partial charge in [0, 0.05) is 38.5 Å². The SMILES string of the molecule is Cc1cc(C[C@@H]2CN(c3ncc4ncn(C)c4n3)C[C@@H]2O)on1. The van der Waals surface area contributed by atoms with E-state index in [-0.39, 0.29) is 5.92 Å². The van der Waals surface area contributed by atoms with Gasteiger partial charge in [0.2, 0.25) is 5.95 Å². The maximum absolute atomic E-state index is 10.3. The van der Waals surface area contributed by atoms with Crippen molar-refractivity contribution >= 4 is 17.1 Å². The molecule has 23 heavy (non-hydrogen) atoms. The lowest BCUT2D eigenvalue weighted by Crippen LogP contribution is -2.23. The summed E-state index contributed by atoms with van der Waals surface area (Å²) < 4.78 is 7.12. The molecule has 3 aromatic rings. The first-order chi connectivity index (χ1) is 11.1. The monoisotopic (exact) mass is 314 g/mol. The summed E-state index contributed by atoms with van der Waals surface area (Å²) in [7, 11) is 1.90. The topological polar surface area (TPSA) is 93.1 Å². The molecule has 0 saturated carbocycles. The lowest BCUT2D eigenvalue weighted by atomic mass is 10.0. The van der Waals surface area contributed by atoms with E-state index in [1.807, 2.05) is 29.5 Å². The Morgan fingerprint density at radius 2 is 2.22 bits per heavy atom. The van der Waals surface area contributed by atoms with Crippen LogP contribution in [0.3, 0.4) is 0 Å². The van der Waals surface area contributed by atoms with Gasteiger partial charge < -0.3 is 19.1 Å². The second-order valence-electron chi connectivity index (χ2n) is 6.11. The fourth-order valence-corrected chi connectivity index (χ4v) is 3.05. The van der Waals surface area contributed by atoms with Crippen molar-refractivity contribution in [3.8, 4) is 0 Å². The van der Waals surface area contributed by atoms with Gasteiger partial charge in [-0.15, -0.1) is 0 Å². The van der Waals surface area contributed by atoms with Gasteiger partial charge in [-0.05, 0) is 6.92 Å². The van der Waals surface area contributed by atoms with Gasteiger partial charge in [0.1, 0.15) is 11.3 Å². The third-order valence-electron chi connectivity index (χ3n) is 4.27. The number of aliphatic hydroxyl groups is 1. The Balaban J connectivity index is 1.54. The third-order valence-corrected chi connectivity index (χ3v) is 4.27. The average molecular weight is 314 g/mol. The number of aryl methyl sites for hydroxylation is 2. The molecule has 1 saturated heterocycles. The molecular formula is C15H18N6O2. The van der Waals surface area contributed by atoms with Gasteiger partial charge in [0.25, 0.3) is 0 Å². The van der Waals surface area contributed by atoms with Crippen LogP contribution in [0.25, 0.3) is 11.2 Å². The van der Waals surface area contributed by atoms with E-state index in [0.717, 1.165) is 22.6 Å². The maximum Gasteiger partial charge on any atom is 0.227 e. The number of aliphatic hydroxyl groups excluding tert-OH is 1. The van der Waals surface area contributed by atoms with Gasteiger partial charge in [0.15, 0.2) is 5.65 Å². The van der Waals surface area contributed by atoms with Crippen molar-refractivity contribution in [1.82, 2.24) is 24.7 Å². The Morgan fingerprint density at radius 3 is 3.00 bits per heavy atom. The van der Waals surface area contributed by atoms with E-state index < -0.39 is 6.10 Å². The first kappa shape index (κ1) is 14.1. The Hall–Kier alpha value is -2.48. The lowest BCUT2D eigenvalue weighted by molar-refractivity contribution is 0.143. The zero-order valence-electron chi connectivity index (χ0n) is 13.0. The van der Waals surface area contributed by atoms with Gasteiger partial charge in [0.05, 0.1) is 24.3 Å². The van der Waals surface area contributed by atoms with Crippen LogP contribution in [0.2, 0.25) is 0 Å². The van der Waals surface area contributed by atoms with Gasteiger partial charge in [-0.1, -0.05) is 5.16 Å². The quantitative estimate of drug-likeness (QED) is 0.760. The fraction of sp³-hybridized carbons (Fsp3) is 0.467. The highest BCUT2D eigenvalue weighted by molar-refractivity contribution is 5.70. The van der Waals surface area contributed by atoms with Crippen LogP contribution >= 0.6 is 0 Å². The van der Waals surface area contributed by atoms with Gasteiger partial charge in [-0.2, -0.15) is 4.98 Å². The van der Waals surface area contributed by atoms with E-state index in [1.54, 1.807) is 12.5 Å². The molecule has 0 radical (unpaired) electrons. The number of β-amino-alcohol motifs (C(OH)–C–C–N with tert-alkyl or cyclic N) is 1. The number of imidazole rings is 1. The van der Waals surface area contributed by atoms with Crippen LogP contribution in [0.5, 0.6) is 0 Å². The van der Waals surface area contributed by atoms with Crippen LogP contribution in [0.15, 0.2) is 23.1 Å². The van der Waals surface area contributed by atoms with Crippen molar-refractivity contribution in [2.75, 3.05) is 18.0 Å². The van der Waals surface area contributed by atoms with E-state index in [2.05, 4.69) is 20.1 Å². The van der Waals surface area contributed by atoms with E-state index in [9.17, 15) is 5.11 Å². The minimum absolute atomic E-state index is 0.0770. The molecule has 0 aliphatic carbocycles. The molecule has 1 aliphatic rings. The van der Waals surface area contributed by atoms with E-state index in [1.165, 1.54) is 0 Å². The predicted octanol–water partition coefficient (Wildman–Crippen LogP) is 0.700. The molecule has 0 amide bonds. The average Bonchev–Trinajstić information content (AvgIpc) is 3.21. The number of hydrogen-bond acceptors (Lipinski definition) is 7. The molecule has 120 valence electrons. The summed E-state index contributed by atoms with van der Waals surface area (Å²) in [5.74, 6) is 1.50. The van der Waals surface area contributed by atoms with Crippen molar-refractivity contribution < 1.29 is 9.63 Å². The number of nitrogens with zero attached hydrogens (tertiary/aromatic N) is 6. The normalized spacial score (nSPS) is 21.4. The number of hydrogen-bond donors (Lipinski definition) is 1. The molecule has 8 heteroatoms. The highest BCUT2D eigenvalue weighted by atomic mass is 16.5. The third kappa shape index (κ3) is 2.55. The van der Waals surface area contributed by atoms with E-state index >= 15 is 0 Å². The summed E-state index contributed by atoms with van der Waals surface area (Å²) in [6.07, 6.45) is 3.66. The molecule has 2 atom stereocenters. The highest BCUT2D eigenvalue weighted by Crippen LogP contribution is 2.25. The summed E-state index contributed by atoms with van der Waals surface area (Å²) >= 11 is 0. The molecule has 0 aromatic carbocycles. The van der Waals surface area contributed by atoms with Crippen LogP contribution in [0, 0.1) is 12.8 Å².